The van der Waals surface area contributed by atoms with Crippen LogP contribution < -0.4 is 11.1 Å². The van der Waals surface area contributed by atoms with E-state index in [1.54, 1.807) is 6.07 Å². The summed E-state index contributed by atoms with van der Waals surface area (Å²) in [5.74, 6) is 0.515. The number of nitrogens with two attached hydrogens (primary N) is 1. The molecule has 1 atom stereocenters. The van der Waals surface area contributed by atoms with Crippen molar-refractivity contribution in [2.75, 3.05) is 11.9 Å². The topological polar surface area (TPSA) is 80.9 Å². The third-order valence-corrected chi connectivity index (χ3v) is 2.46. The van der Waals surface area contributed by atoms with E-state index in [1.165, 1.54) is 6.20 Å². The lowest BCUT2D eigenvalue weighted by atomic mass is 10.0. The van der Waals surface area contributed by atoms with E-state index in [0.717, 1.165) is 6.42 Å². The number of nitrogens with one attached hydrogen (secondary N) is 1. The Bertz CT molecular complexity index is 354. The lowest BCUT2D eigenvalue weighted by Crippen LogP contribution is -2.22. The van der Waals surface area contributed by atoms with Crippen molar-refractivity contribution in [2.45, 2.75) is 19.8 Å². The molecule has 0 radical (unpaired) electrons. The van der Waals surface area contributed by atoms with Gasteiger partial charge >= 0.3 is 0 Å². The van der Waals surface area contributed by atoms with Crippen molar-refractivity contribution in [2.24, 2.45) is 11.7 Å². The SMILES string of the molecule is CCC(CN)CC(=O)Nc1ccnc(Cl)n1. The molecule has 0 fully saturated rings. The number of rotatable bonds is 5. The molecule has 1 rings (SSSR count). The second-order valence-corrected chi connectivity index (χ2v) is 3.81. The minimum Gasteiger partial charge on any atom is -0.330 e. The molecule has 0 saturated heterocycles. The van der Waals surface area contributed by atoms with Gasteiger partial charge in [0.05, 0.1) is 0 Å². The molecule has 5 nitrogen and oxygen atoms in total. The average Bonchev–Trinajstić information content (AvgIpc) is 2.26. The van der Waals surface area contributed by atoms with Gasteiger partial charge in [0.15, 0.2) is 0 Å². The van der Waals surface area contributed by atoms with E-state index < -0.39 is 0 Å². The zero-order chi connectivity index (χ0) is 12.0. The fraction of sp³-hybridized carbons (Fsp3) is 0.500. The minimum absolute atomic E-state index is 0.105. The molecular formula is C10H15ClN4O. The normalized spacial score (nSPS) is 12.2. The molecule has 1 heterocycles. The molecule has 0 aromatic carbocycles. The Morgan fingerprint density at radius 1 is 1.69 bits per heavy atom. The maximum Gasteiger partial charge on any atom is 0.225 e. The van der Waals surface area contributed by atoms with E-state index in [1.807, 2.05) is 6.92 Å². The molecule has 16 heavy (non-hydrogen) atoms. The standard InChI is InChI=1S/C10H15ClN4O/c1-2-7(6-12)5-9(16)14-8-3-4-13-10(11)15-8/h3-4,7H,2,5-6,12H2,1H3,(H,13,14,15,16). The van der Waals surface area contributed by atoms with E-state index in [-0.39, 0.29) is 17.1 Å². The van der Waals surface area contributed by atoms with Crippen molar-refractivity contribution in [3.8, 4) is 0 Å². The van der Waals surface area contributed by atoms with Crippen LogP contribution in [0.3, 0.4) is 0 Å². The zero-order valence-corrected chi connectivity index (χ0v) is 9.87. The summed E-state index contributed by atoms with van der Waals surface area (Å²) in [6, 6.07) is 1.59. The molecular weight excluding hydrogens is 228 g/mol. The summed E-state index contributed by atoms with van der Waals surface area (Å²) in [4.78, 5) is 19.2. The van der Waals surface area contributed by atoms with Crippen LogP contribution in [0.25, 0.3) is 0 Å². The van der Waals surface area contributed by atoms with Crippen LogP contribution in [0.4, 0.5) is 5.82 Å². The number of aromatic nitrogens is 2. The van der Waals surface area contributed by atoms with Crippen LogP contribution in [0.1, 0.15) is 19.8 Å². The van der Waals surface area contributed by atoms with Gasteiger partial charge in [0.1, 0.15) is 5.82 Å². The van der Waals surface area contributed by atoms with E-state index in [0.29, 0.717) is 18.8 Å². The minimum atomic E-state index is -0.105. The predicted octanol–water partition coefficient (Wildman–Crippen LogP) is 1.44. The van der Waals surface area contributed by atoms with Crippen LogP contribution in [0.15, 0.2) is 12.3 Å². The number of hydrogen-bond donors (Lipinski definition) is 2. The number of carbonyl (C=O) groups is 1. The lowest BCUT2D eigenvalue weighted by molar-refractivity contribution is -0.117. The molecule has 0 aliphatic carbocycles. The van der Waals surface area contributed by atoms with Crippen LogP contribution in [0.2, 0.25) is 5.28 Å². The first-order chi connectivity index (χ1) is 7.65. The highest BCUT2D eigenvalue weighted by molar-refractivity contribution is 6.28. The first kappa shape index (κ1) is 12.9. The maximum atomic E-state index is 11.6. The van der Waals surface area contributed by atoms with Gasteiger partial charge in [-0.3, -0.25) is 4.79 Å². The third-order valence-electron chi connectivity index (χ3n) is 2.28. The lowest BCUT2D eigenvalue weighted by Gasteiger charge is -2.11. The molecule has 0 spiro atoms. The monoisotopic (exact) mass is 242 g/mol. The summed E-state index contributed by atoms with van der Waals surface area (Å²) in [6.45, 7) is 2.51. The van der Waals surface area contributed by atoms with E-state index in [4.69, 9.17) is 17.3 Å². The summed E-state index contributed by atoms with van der Waals surface area (Å²) in [5.41, 5.74) is 5.52. The van der Waals surface area contributed by atoms with Gasteiger partial charge in [-0.15, -0.1) is 0 Å². The predicted molar refractivity (Wildman–Crippen MR) is 63.1 cm³/mol. The first-order valence-electron chi connectivity index (χ1n) is 5.14. The summed E-state index contributed by atoms with van der Waals surface area (Å²) < 4.78 is 0. The van der Waals surface area contributed by atoms with E-state index >= 15 is 0 Å². The Kier molecular flexibility index (Phi) is 5.14. The van der Waals surface area contributed by atoms with Crippen LogP contribution in [0, 0.1) is 5.92 Å². The van der Waals surface area contributed by atoms with Gasteiger partial charge in [0.2, 0.25) is 11.2 Å². The highest BCUT2D eigenvalue weighted by Gasteiger charge is 2.11. The molecule has 1 unspecified atom stereocenters. The van der Waals surface area contributed by atoms with Gasteiger partial charge in [0, 0.05) is 12.6 Å². The van der Waals surface area contributed by atoms with Gasteiger partial charge in [0.25, 0.3) is 0 Å². The number of hydrogen-bond acceptors (Lipinski definition) is 4. The zero-order valence-electron chi connectivity index (χ0n) is 9.11. The molecule has 1 amide bonds. The van der Waals surface area contributed by atoms with Crippen molar-refractivity contribution in [3.63, 3.8) is 0 Å². The van der Waals surface area contributed by atoms with Gasteiger partial charge < -0.3 is 11.1 Å². The first-order valence-corrected chi connectivity index (χ1v) is 5.52. The van der Waals surface area contributed by atoms with Crippen LogP contribution in [-0.2, 0) is 4.79 Å². The fourth-order valence-corrected chi connectivity index (χ4v) is 1.40. The number of nitrogens with zero attached hydrogens (tertiary/aromatic N) is 2. The molecule has 1 aromatic rings. The molecule has 0 aliphatic heterocycles. The molecule has 0 saturated carbocycles. The Hall–Kier alpha value is -1.20. The van der Waals surface area contributed by atoms with Crippen LogP contribution >= 0.6 is 11.6 Å². The highest BCUT2D eigenvalue weighted by Crippen LogP contribution is 2.10. The summed E-state index contributed by atoms with van der Waals surface area (Å²) in [6.07, 6.45) is 2.77. The van der Waals surface area contributed by atoms with Crippen LogP contribution in [-0.4, -0.2) is 22.4 Å². The maximum absolute atomic E-state index is 11.6. The number of amides is 1. The van der Waals surface area contributed by atoms with Gasteiger partial charge in [-0.1, -0.05) is 13.3 Å². The molecule has 1 aromatic heterocycles. The van der Waals surface area contributed by atoms with Crippen molar-refractivity contribution in [1.82, 2.24) is 9.97 Å². The molecule has 0 aliphatic rings. The third kappa shape index (κ3) is 4.12. The molecule has 88 valence electrons. The number of carbonyl (C=O) groups excluding carboxylic acids is 1. The van der Waals surface area contributed by atoms with E-state index in [9.17, 15) is 4.79 Å². The quantitative estimate of drug-likeness (QED) is 0.766. The van der Waals surface area contributed by atoms with Gasteiger partial charge in [-0.05, 0) is 30.1 Å². The molecule has 6 heteroatoms. The Labute approximate surface area is 99.4 Å². The smallest absolute Gasteiger partial charge is 0.225 e. The average molecular weight is 243 g/mol. The van der Waals surface area contributed by atoms with Crippen molar-refractivity contribution >= 4 is 23.3 Å². The summed E-state index contributed by atoms with van der Waals surface area (Å²) >= 11 is 5.60. The number of halogens is 1. The largest absolute Gasteiger partial charge is 0.330 e. The summed E-state index contributed by atoms with van der Waals surface area (Å²) in [7, 11) is 0. The van der Waals surface area contributed by atoms with Crippen molar-refractivity contribution in [1.29, 1.82) is 0 Å². The van der Waals surface area contributed by atoms with E-state index in [2.05, 4.69) is 15.3 Å². The number of anilines is 1. The fourth-order valence-electron chi connectivity index (χ4n) is 1.25. The summed E-state index contributed by atoms with van der Waals surface area (Å²) in [5, 5.41) is 2.77. The van der Waals surface area contributed by atoms with Crippen molar-refractivity contribution in [3.05, 3.63) is 17.5 Å². The Balaban J connectivity index is 2.51. The molecule has 0 bridgehead atoms. The highest BCUT2D eigenvalue weighted by atomic mass is 35.5. The van der Waals surface area contributed by atoms with Crippen LogP contribution in [0.5, 0.6) is 0 Å². The van der Waals surface area contributed by atoms with Gasteiger partial charge in [-0.2, -0.15) is 0 Å². The second kappa shape index (κ2) is 6.40. The van der Waals surface area contributed by atoms with Gasteiger partial charge in [-0.25, -0.2) is 9.97 Å². The Morgan fingerprint density at radius 3 is 3.00 bits per heavy atom. The van der Waals surface area contributed by atoms with Crippen molar-refractivity contribution < 1.29 is 4.79 Å². The Morgan fingerprint density at radius 2 is 2.44 bits per heavy atom. The second-order valence-electron chi connectivity index (χ2n) is 3.47. The molecule has 3 N–H and O–H groups in total.